The van der Waals surface area contributed by atoms with E-state index in [1.807, 2.05) is 61.5 Å². The van der Waals surface area contributed by atoms with E-state index in [0.29, 0.717) is 22.0 Å². The van der Waals surface area contributed by atoms with Gasteiger partial charge in [-0.3, -0.25) is 9.59 Å². The van der Waals surface area contributed by atoms with Crippen molar-refractivity contribution in [2.24, 2.45) is 11.7 Å². The van der Waals surface area contributed by atoms with E-state index in [9.17, 15) is 9.59 Å². The fourth-order valence-electron chi connectivity index (χ4n) is 4.88. The number of pyridine rings is 1. The number of amides is 2. The number of carbonyl (C=O) groups excluding carboxylic acids is 2. The first-order valence-corrected chi connectivity index (χ1v) is 12.5. The van der Waals surface area contributed by atoms with Crippen LogP contribution in [0.2, 0.25) is 0 Å². The van der Waals surface area contributed by atoms with Gasteiger partial charge in [-0.05, 0) is 55.4 Å². The van der Waals surface area contributed by atoms with Crippen molar-refractivity contribution in [3.05, 3.63) is 81.7 Å². The largest absolute Gasteiger partial charge is 0.365 e. The van der Waals surface area contributed by atoms with Gasteiger partial charge in [0.25, 0.3) is 11.8 Å². The number of primary amides is 1. The average molecular weight is 470 g/mol. The molecule has 5 nitrogen and oxygen atoms in total. The van der Waals surface area contributed by atoms with Gasteiger partial charge < -0.3 is 11.1 Å². The SMILES string of the molecule is CCC1CCc2c(sc(NC(=O)c3cc(-c4ccccc4C)nc4ccccc34)c2C(N)=O)C1. The van der Waals surface area contributed by atoms with Crippen LogP contribution in [0.15, 0.2) is 54.6 Å². The van der Waals surface area contributed by atoms with Crippen LogP contribution in [0.1, 0.15) is 56.5 Å². The van der Waals surface area contributed by atoms with Crippen LogP contribution in [0, 0.1) is 12.8 Å². The molecule has 0 radical (unpaired) electrons. The van der Waals surface area contributed by atoms with Crippen LogP contribution >= 0.6 is 11.3 Å². The van der Waals surface area contributed by atoms with Crippen molar-refractivity contribution in [1.82, 2.24) is 4.98 Å². The monoisotopic (exact) mass is 469 g/mol. The number of nitrogens with one attached hydrogen (secondary N) is 1. The predicted octanol–water partition coefficient (Wildman–Crippen LogP) is 6.14. The number of benzene rings is 2. The van der Waals surface area contributed by atoms with Crippen molar-refractivity contribution in [2.45, 2.75) is 39.5 Å². The molecule has 1 aliphatic rings. The first-order chi connectivity index (χ1) is 16.5. The molecule has 0 spiro atoms. The maximum Gasteiger partial charge on any atom is 0.257 e. The molecular weight excluding hydrogens is 442 g/mol. The average Bonchev–Trinajstić information content (AvgIpc) is 3.20. The molecule has 0 bridgehead atoms. The molecule has 4 aromatic rings. The second-order valence-electron chi connectivity index (χ2n) is 8.93. The Kier molecular flexibility index (Phi) is 5.92. The zero-order chi connectivity index (χ0) is 23.8. The number of aryl methyl sites for hydroxylation is 1. The summed E-state index contributed by atoms with van der Waals surface area (Å²) in [5, 5.41) is 4.36. The van der Waals surface area contributed by atoms with Gasteiger partial charge in [0.2, 0.25) is 0 Å². The molecule has 1 unspecified atom stereocenters. The van der Waals surface area contributed by atoms with Gasteiger partial charge in [-0.25, -0.2) is 4.98 Å². The van der Waals surface area contributed by atoms with E-state index < -0.39 is 5.91 Å². The van der Waals surface area contributed by atoms with E-state index in [1.165, 1.54) is 16.2 Å². The fourth-order valence-corrected chi connectivity index (χ4v) is 6.25. The van der Waals surface area contributed by atoms with Crippen LogP contribution in [0.4, 0.5) is 5.00 Å². The lowest BCUT2D eigenvalue weighted by Crippen LogP contribution is -2.20. The van der Waals surface area contributed by atoms with Gasteiger partial charge in [0.1, 0.15) is 5.00 Å². The number of hydrogen-bond acceptors (Lipinski definition) is 4. The zero-order valence-electron chi connectivity index (χ0n) is 19.4. The molecule has 6 heteroatoms. The Morgan fingerprint density at radius 3 is 2.68 bits per heavy atom. The number of carbonyl (C=O) groups is 2. The lowest BCUT2D eigenvalue weighted by atomic mass is 9.85. The van der Waals surface area contributed by atoms with E-state index in [4.69, 9.17) is 10.7 Å². The minimum atomic E-state index is -0.483. The molecule has 5 rings (SSSR count). The molecule has 2 heterocycles. The summed E-state index contributed by atoms with van der Waals surface area (Å²) in [6.07, 6.45) is 3.91. The summed E-state index contributed by atoms with van der Waals surface area (Å²) in [7, 11) is 0. The normalized spacial score (nSPS) is 15.2. The molecule has 1 aliphatic carbocycles. The quantitative estimate of drug-likeness (QED) is 0.368. The van der Waals surface area contributed by atoms with Gasteiger partial charge >= 0.3 is 0 Å². The molecular formula is C28H27N3O2S. The summed E-state index contributed by atoms with van der Waals surface area (Å²) in [5.74, 6) is -0.138. The Morgan fingerprint density at radius 2 is 1.91 bits per heavy atom. The molecule has 3 N–H and O–H groups in total. The van der Waals surface area contributed by atoms with Crippen LogP contribution in [-0.2, 0) is 12.8 Å². The summed E-state index contributed by atoms with van der Waals surface area (Å²) in [6, 6.07) is 17.5. The number of nitrogens with two attached hydrogens (primary N) is 1. The third-order valence-electron chi connectivity index (χ3n) is 6.80. The van der Waals surface area contributed by atoms with Crippen molar-refractivity contribution < 1.29 is 9.59 Å². The number of para-hydroxylation sites is 1. The lowest BCUT2D eigenvalue weighted by molar-refractivity contribution is 0.1000. The molecule has 0 saturated heterocycles. The van der Waals surface area contributed by atoms with E-state index in [0.717, 1.165) is 59.0 Å². The van der Waals surface area contributed by atoms with Gasteiger partial charge in [-0.2, -0.15) is 0 Å². The summed E-state index contributed by atoms with van der Waals surface area (Å²) in [6.45, 7) is 4.23. The van der Waals surface area contributed by atoms with Gasteiger partial charge in [-0.1, -0.05) is 55.8 Å². The van der Waals surface area contributed by atoms with Crippen LogP contribution in [0.5, 0.6) is 0 Å². The number of rotatable bonds is 5. The summed E-state index contributed by atoms with van der Waals surface area (Å²) in [4.78, 5) is 32.0. The number of thiophene rings is 1. The highest BCUT2D eigenvalue weighted by Gasteiger charge is 2.28. The molecule has 2 aromatic carbocycles. The topological polar surface area (TPSA) is 85.1 Å². The molecule has 2 amide bonds. The summed E-state index contributed by atoms with van der Waals surface area (Å²) in [5.41, 5.74) is 11.4. The van der Waals surface area contributed by atoms with Gasteiger partial charge in [0.05, 0.1) is 22.3 Å². The fraction of sp³-hybridized carbons (Fsp3) is 0.250. The third kappa shape index (κ3) is 3.99. The first-order valence-electron chi connectivity index (χ1n) is 11.7. The number of aromatic nitrogens is 1. The Balaban J connectivity index is 1.58. The van der Waals surface area contributed by atoms with Crippen molar-refractivity contribution in [3.63, 3.8) is 0 Å². The molecule has 0 aliphatic heterocycles. The minimum absolute atomic E-state index is 0.262. The highest BCUT2D eigenvalue weighted by molar-refractivity contribution is 7.17. The van der Waals surface area contributed by atoms with Crippen LogP contribution < -0.4 is 11.1 Å². The van der Waals surface area contributed by atoms with Crippen molar-refractivity contribution in [1.29, 1.82) is 0 Å². The Labute approximate surface area is 203 Å². The number of anilines is 1. The van der Waals surface area contributed by atoms with Gasteiger partial charge in [-0.15, -0.1) is 11.3 Å². The Morgan fingerprint density at radius 1 is 1.15 bits per heavy atom. The Hall–Kier alpha value is -3.51. The molecule has 0 fully saturated rings. The highest BCUT2D eigenvalue weighted by Crippen LogP contribution is 2.40. The Bertz CT molecular complexity index is 1420. The van der Waals surface area contributed by atoms with Crippen molar-refractivity contribution >= 4 is 39.1 Å². The minimum Gasteiger partial charge on any atom is -0.365 e. The van der Waals surface area contributed by atoms with E-state index >= 15 is 0 Å². The standard InChI is InChI=1S/C28H27N3O2S/c1-3-17-12-13-20-24(14-17)34-28(25(20)26(29)32)31-27(33)21-15-23(18-9-5-4-8-16(18)2)30-22-11-7-6-10-19(21)22/h4-11,15,17H,3,12-14H2,1-2H3,(H2,29,32)(H,31,33). The summed E-state index contributed by atoms with van der Waals surface area (Å²) < 4.78 is 0. The molecule has 0 saturated carbocycles. The van der Waals surface area contributed by atoms with Crippen LogP contribution in [-0.4, -0.2) is 16.8 Å². The maximum absolute atomic E-state index is 13.6. The highest BCUT2D eigenvalue weighted by atomic mass is 32.1. The maximum atomic E-state index is 13.6. The second-order valence-corrected chi connectivity index (χ2v) is 10.0. The van der Waals surface area contributed by atoms with Crippen LogP contribution in [0.25, 0.3) is 22.2 Å². The smallest absolute Gasteiger partial charge is 0.257 e. The summed E-state index contributed by atoms with van der Waals surface area (Å²) >= 11 is 1.49. The second kappa shape index (κ2) is 9.03. The number of hydrogen-bond donors (Lipinski definition) is 2. The van der Waals surface area contributed by atoms with Crippen molar-refractivity contribution in [2.75, 3.05) is 5.32 Å². The zero-order valence-corrected chi connectivity index (χ0v) is 20.2. The number of fused-ring (bicyclic) bond motifs is 2. The van der Waals surface area contributed by atoms with E-state index in [1.54, 1.807) is 0 Å². The van der Waals surface area contributed by atoms with Crippen LogP contribution in [0.3, 0.4) is 0 Å². The molecule has 2 aromatic heterocycles. The van der Waals surface area contributed by atoms with Gasteiger partial charge in [0, 0.05) is 15.8 Å². The third-order valence-corrected chi connectivity index (χ3v) is 7.97. The first kappa shape index (κ1) is 22.3. The van der Waals surface area contributed by atoms with E-state index in [2.05, 4.69) is 12.2 Å². The molecule has 1 atom stereocenters. The predicted molar refractivity (Wildman–Crippen MR) is 139 cm³/mol. The van der Waals surface area contributed by atoms with Gasteiger partial charge in [0.15, 0.2) is 0 Å². The van der Waals surface area contributed by atoms with E-state index in [-0.39, 0.29) is 5.91 Å². The number of nitrogens with zero attached hydrogens (tertiary/aromatic N) is 1. The molecule has 34 heavy (non-hydrogen) atoms. The van der Waals surface area contributed by atoms with Crippen molar-refractivity contribution in [3.8, 4) is 11.3 Å². The lowest BCUT2D eigenvalue weighted by Gasteiger charge is -2.20. The molecule has 172 valence electrons.